The Morgan fingerprint density at radius 2 is 2.17 bits per heavy atom. The molecule has 1 N–H and O–H groups in total. The number of hydrogen-bond acceptors (Lipinski definition) is 2. The molecule has 1 aromatic heterocycles. The monoisotopic (exact) mass is 243 g/mol. The molecule has 0 aliphatic rings. The Labute approximate surface area is 106 Å². The summed E-state index contributed by atoms with van der Waals surface area (Å²) in [5, 5.41) is 10.2. The highest BCUT2D eigenvalue weighted by Crippen LogP contribution is 2.24. The van der Waals surface area contributed by atoms with E-state index in [1.807, 2.05) is 31.2 Å². The Morgan fingerprint density at radius 3 is 2.78 bits per heavy atom. The summed E-state index contributed by atoms with van der Waals surface area (Å²) >= 11 is 0. The van der Waals surface area contributed by atoms with Crippen LogP contribution >= 0.6 is 0 Å². The minimum atomic E-state index is -0.838. The Kier molecular flexibility index (Phi) is 3.32. The molecular formula is C15H17NO2. The normalized spacial score (nSPS) is 12.6. The lowest BCUT2D eigenvalue weighted by Gasteiger charge is -2.11. The summed E-state index contributed by atoms with van der Waals surface area (Å²) in [4.78, 5) is 15.6. The molecule has 0 saturated heterocycles. The van der Waals surface area contributed by atoms with Gasteiger partial charge in [0.2, 0.25) is 0 Å². The molecule has 2 aromatic rings. The Hall–Kier alpha value is -1.90. The van der Waals surface area contributed by atoms with Gasteiger partial charge in [0.15, 0.2) is 0 Å². The minimum absolute atomic E-state index is 0.571. The third kappa shape index (κ3) is 2.08. The average Bonchev–Trinajstić information content (AvgIpc) is 2.37. The number of pyridine rings is 1. The number of aryl methyl sites for hydroxylation is 2. The predicted octanol–water partition coefficient (Wildman–Crippen LogP) is 3.29. The van der Waals surface area contributed by atoms with Gasteiger partial charge in [-0.25, -0.2) is 0 Å². The van der Waals surface area contributed by atoms with Crippen LogP contribution in [0.15, 0.2) is 24.3 Å². The molecule has 94 valence electrons. The molecule has 0 saturated carbocycles. The molecule has 0 bridgehead atoms. The first-order chi connectivity index (χ1) is 8.54. The van der Waals surface area contributed by atoms with Crippen molar-refractivity contribution in [1.82, 2.24) is 4.98 Å². The fraction of sp³-hybridized carbons (Fsp3) is 0.333. The lowest BCUT2D eigenvalue weighted by Crippen LogP contribution is -2.10. The maximum absolute atomic E-state index is 11.1. The SMILES string of the molecule is CCc1cccc2c(C)cc(C(C)C(=O)O)nc12. The van der Waals surface area contributed by atoms with E-state index >= 15 is 0 Å². The number of nitrogens with zero attached hydrogens (tertiary/aromatic N) is 1. The molecule has 0 fully saturated rings. The Balaban J connectivity index is 2.70. The summed E-state index contributed by atoms with van der Waals surface area (Å²) in [5.74, 6) is -1.41. The first kappa shape index (κ1) is 12.6. The standard InChI is InChI=1S/C15H17NO2/c1-4-11-6-5-7-12-9(2)8-13(16-14(11)12)10(3)15(17)18/h5-8,10H,4H2,1-3H3,(H,17,18). The predicted molar refractivity (Wildman–Crippen MR) is 71.9 cm³/mol. The van der Waals surface area contributed by atoms with E-state index in [1.54, 1.807) is 6.92 Å². The fourth-order valence-corrected chi connectivity index (χ4v) is 2.14. The lowest BCUT2D eigenvalue weighted by atomic mass is 10.00. The lowest BCUT2D eigenvalue weighted by molar-refractivity contribution is -0.138. The van der Waals surface area contributed by atoms with E-state index in [0.29, 0.717) is 5.69 Å². The van der Waals surface area contributed by atoms with Crippen molar-refractivity contribution in [2.75, 3.05) is 0 Å². The molecule has 1 aromatic carbocycles. The number of carboxylic acids is 1. The van der Waals surface area contributed by atoms with Crippen molar-refractivity contribution in [3.05, 3.63) is 41.1 Å². The molecule has 1 unspecified atom stereocenters. The summed E-state index contributed by atoms with van der Waals surface area (Å²) in [6, 6.07) is 7.98. The number of aromatic nitrogens is 1. The van der Waals surface area contributed by atoms with E-state index in [9.17, 15) is 4.79 Å². The zero-order valence-corrected chi connectivity index (χ0v) is 10.9. The Morgan fingerprint density at radius 1 is 1.44 bits per heavy atom. The van der Waals surface area contributed by atoms with E-state index < -0.39 is 11.9 Å². The van der Waals surface area contributed by atoms with Gasteiger partial charge in [0.1, 0.15) is 0 Å². The molecule has 0 aliphatic heterocycles. The van der Waals surface area contributed by atoms with Crippen LogP contribution < -0.4 is 0 Å². The van der Waals surface area contributed by atoms with E-state index in [2.05, 4.69) is 11.9 Å². The second-order valence-electron chi connectivity index (χ2n) is 4.59. The quantitative estimate of drug-likeness (QED) is 0.899. The van der Waals surface area contributed by atoms with Crippen LogP contribution in [0.5, 0.6) is 0 Å². The van der Waals surface area contributed by atoms with Crippen LogP contribution in [0, 0.1) is 6.92 Å². The molecule has 2 rings (SSSR count). The zero-order valence-electron chi connectivity index (χ0n) is 10.9. The summed E-state index contributed by atoms with van der Waals surface area (Å²) in [6.45, 7) is 5.76. The van der Waals surface area contributed by atoms with Gasteiger partial charge in [-0.1, -0.05) is 25.1 Å². The van der Waals surface area contributed by atoms with Crippen LogP contribution in [0.2, 0.25) is 0 Å². The zero-order chi connectivity index (χ0) is 13.3. The minimum Gasteiger partial charge on any atom is -0.481 e. The molecule has 1 heterocycles. The average molecular weight is 243 g/mol. The van der Waals surface area contributed by atoms with Crippen molar-refractivity contribution in [2.45, 2.75) is 33.1 Å². The number of benzene rings is 1. The number of fused-ring (bicyclic) bond motifs is 1. The van der Waals surface area contributed by atoms with Crippen LogP contribution in [0.3, 0.4) is 0 Å². The molecule has 3 nitrogen and oxygen atoms in total. The molecular weight excluding hydrogens is 226 g/mol. The number of carbonyl (C=O) groups is 1. The van der Waals surface area contributed by atoms with Crippen molar-refractivity contribution in [2.24, 2.45) is 0 Å². The maximum Gasteiger partial charge on any atom is 0.312 e. The highest BCUT2D eigenvalue weighted by atomic mass is 16.4. The first-order valence-corrected chi connectivity index (χ1v) is 6.16. The van der Waals surface area contributed by atoms with Crippen LogP contribution in [-0.2, 0) is 11.2 Å². The van der Waals surface area contributed by atoms with Gasteiger partial charge in [-0.15, -0.1) is 0 Å². The van der Waals surface area contributed by atoms with Gasteiger partial charge in [0, 0.05) is 5.39 Å². The number of aliphatic carboxylic acids is 1. The second kappa shape index (κ2) is 4.77. The Bertz CT molecular complexity index is 605. The topological polar surface area (TPSA) is 50.2 Å². The van der Waals surface area contributed by atoms with Crippen molar-refractivity contribution < 1.29 is 9.90 Å². The van der Waals surface area contributed by atoms with E-state index in [1.165, 1.54) is 0 Å². The van der Waals surface area contributed by atoms with Crippen molar-refractivity contribution in [3.8, 4) is 0 Å². The van der Waals surface area contributed by atoms with E-state index in [-0.39, 0.29) is 0 Å². The highest BCUT2D eigenvalue weighted by Gasteiger charge is 2.17. The third-order valence-electron chi connectivity index (χ3n) is 3.34. The summed E-state index contributed by atoms with van der Waals surface area (Å²) in [7, 11) is 0. The van der Waals surface area contributed by atoms with Crippen molar-refractivity contribution in [1.29, 1.82) is 0 Å². The van der Waals surface area contributed by atoms with Crippen LogP contribution in [0.1, 0.15) is 36.6 Å². The van der Waals surface area contributed by atoms with Crippen LogP contribution in [0.25, 0.3) is 10.9 Å². The smallest absolute Gasteiger partial charge is 0.312 e. The summed E-state index contributed by atoms with van der Waals surface area (Å²) in [6.07, 6.45) is 0.898. The van der Waals surface area contributed by atoms with Gasteiger partial charge in [0.05, 0.1) is 17.1 Å². The first-order valence-electron chi connectivity index (χ1n) is 6.16. The molecule has 1 atom stereocenters. The van der Waals surface area contributed by atoms with Gasteiger partial charge in [-0.05, 0) is 37.5 Å². The third-order valence-corrected chi connectivity index (χ3v) is 3.34. The number of carboxylic acid groups (broad SMARTS) is 1. The number of para-hydroxylation sites is 1. The number of hydrogen-bond donors (Lipinski definition) is 1. The molecule has 0 aliphatic carbocycles. The van der Waals surface area contributed by atoms with Gasteiger partial charge in [0.25, 0.3) is 0 Å². The van der Waals surface area contributed by atoms with Gasteiger partial charge < -0.3 is 5.11 Å². The summed E-state index contributed by atoms with van der Waals surface area (Å²) in [5.41, 5.74) is 3.81. The second-order valence-corrected chi connectivity index (χ2v) is 4.59. The number of rotatable bonds is 3. The molecule has 0 radical (unpaired) electrons. The van der Waals surface area contributed by atoms with E-state index in [4.69, 9.17) is 5.11 Å². The van der Waals surface area contributed by atoms with Gasteiger partial charge >= 0.3 is 5.97 Å². The maximum atomic E-state index is 11.1. The molecule has 0 spiro atoms. The molecule has 18 heavy (non-hydrogen) atoms. The van der Waals surface area contributed by atoms with Gasteiger partial charge in [-0.3, -0.25) is 9.78 Å². The molecule has 0 amide bonds. The highest BCUT2D eigenvalue weighted by molar-refractivity contribution is 5.86. The summed E-state index contributed by atoms with van der Waals surface area (Å²) < 4.78 is 0. The van der Waals surface area contributed by atoms with E-state index in [0.717, 1.165) is 28.5 Å². The van der Waals surface area contributed by atoms with Crippen LogP contribution in [-0.4, -0.2) is 16.1 Å². The molecule has 3 heteroatoms. The fourth-order valence-electron chi connectivity index (χ4n) is 2.14. The van der Waals surface area contributed by atoms with Gasteiger partial charge in [-0.2, -0.15) is 0 Å². The largest absolute Gasteiger partial charge is 0.481 e. The van der Waals surface area contributed by atoms with Crippen LogP contribution in [0.4, 0.5) is 0 Å². The van der Waals surface area contributed by atoms with Crippen molar-refractivity contribution in [3.63, 3.8) is 0 Å². The van der Waals surface area contributed by atoms with Crippen molar-refractivity contribution >= 4 is 16.9 Å².